The van der Waals surface area contributed by atoms with Crippen LogP contribution in [0.2, 0.25) is 0 Å². The van der Waals surface area contributed by atoms with Crippen LogP contribution >= 0.6 is 15.9 Å². The lowest BCUT2D eigenvalue weighted by Gasteiger charge is -2.33. The molecule has 2 aliphatic heterocycles. The maximum Gasteiger partial charge on any atom is 0.165 e. The first-order chi connectivity index (χ1) is 11.6. The molecule has 1 aromatic heterocycles. The maximum absolute atomic E-state index is 4.76. The summed E-state index contributed by atoms with van der Waals surface area (Å²) in [5.74, 6) is 3.38. The Kier molecular flexibility index (Phi) is 4.18. The first-order valence-corrected chi connectivity index (χ1v) is 9.32. The predicted octanol–water partition coefficient (Wildman–Crippen LogP) is 3.23. The van der Waals surface area contributed by atoms with Gasteiger partial charge in [0.15, 0.2) is 5.82 Å². The fraction of sp³-hybridized carbons (Fsp3) is 0.444. The number of aromatic nitrogens is 3. The summed E-state index contributed by atoms with van der Waals surface area (Å²) in [5.41, 5.74) is 2.51. The molecule has 24 heavy (non-hydrogen) atoms. The number of nitrogens with zero attached hydrogens (tertiary/aromatic N) is 4. The average Bonchev–Trinajstić information content (AvgIpc) is 2.96. The highest BCUT2D eigenvalue weighted by atomic mass is 79.9. The Bertz CT molecular complexity index is 789. The first kappa shape index (κ1) is 15.8. The minimum atomic E-state index is 0.455. The van der Waals surface area contributed by atoms with E-state index < -0.39 is 0 Å². The van der Waals surface area contributed by atoms with Crippen LogP contribution in [-0.2, 0) is 0 Å². The fourth-order valence-corrected chi connectivity index (χ4v) is 3.91. The summed E-state index contributed by atoms with van der Waals surface area (Å²) < 4.78 is 3.12. The summed E-state index contributed by atoms with van der Waals surface area (Å²) >= 11 is 3.62. The van der Waals surface area contributed by atoms with E-state index in [-0.39, 0.29) is 0 Å². The van der Waals surface area contributed by atoms with Crippen molar-refractivity contribution in [2.24, 2.45) is 0 Å². The van der Waals surface area contributed by atoms with Gasteiger partial charge in [0.05, 0.1) is 0 Å². The second-order valence-electron chi connectivity index (χ2n) is 6.56. The summed E-state index contributed by atoms with van der Waals surface area (Å²) in [6, 6.07) is 6.50. The molecule has 0 bridgehead atoms. The van der Waals surface area contributed by atoms with Gasteiger partial charge in [-0.05, 0) is 43.0 Å². The number of fused-ring (bicyclic) bond motifs is 3. The van der Waals surface area contributed by atoms with Crippen molar-refractivity contribution in [3.05, 3.63) is 40.1 Å². The Morgan fingerprint density at radius 2 is 2.04 bits per heavy atom. The van der Waals surface area contributed by atoms with E-state index in [0.29, 0.717) is 5.92 Å². The molecule has 0 saturated carbocycles. The minimum Gasteiger partial charge on any atom is -0.354 e. The molecule has 1 unspecified atom stereocenters. The molecule has 4 rings (SSSR count). The van der Waals surface area contributed by atoms with E-state index in [1.54, 1.807) is 0 Å². The van der Waals surface area contributed by atoms with E-state index in [1.807, 2.05) is 11.6 Å². The van der Waals surface area contributed by atoms with Crippen molar-refractivity contribution in [2.45, 2.75) is 26.2 Å². The number of benzene rings is 1. The van der Waals surface area contributed by atoms with Gasteiger partial charge in [-0.1, -0.05) is 28.9 Å². The van der Waals surface area contributed by atoms with Crippen LogP contribution in [0.4, 0.5) is 0 Å². The van der Waals surface area contributed by atoms with Crippen LogP contribution in [-0.4, -0.2) is 45.8 Å². The second kappa shape index (κ2) is 6.33. The van der Waals surface area contributed by atoms with E-state index in [1.165, 1.54) is 16.9 Å². The largest absolute Gasteiger partial charge is 0.354 e. The maximum atomic E-state index is 4.76. The van der Waals surface area contributed by atoms with Crippen molar-refractivity contribution < 1.29 is 0 Å². The minimum absolute atomic E-state index is 0.455. The first-order valence-electron chi connectivity index (χ1n) is 8.53. The standard InChI is InChI=1S/C18H22BrN5/c1-12-3-6-17(23-9-7-20-8-10-23)24-18(21-13(2)22-24)16-11-14(19)4-5-15(12)16/h4-6,11-12,20H,3,7-10H2,1-2H3. The average molecular weight is 388 g/mol. The monoisotopic (exact) mass is 387 g/mol. The van der Waals surface area contributed by atoms with Crippen molar-refractivity contribution in [1.82, 2.24) is 25.0 Å². The number of rotatable bonds is 1. The van der Waals surface area contributed by atoms with E-state index in [0.717, 1.165) is 48.7 Å². The van der Waals surface area contributed by atoms with Gasteiger partial charge in [0.2, 0.25) is 0 Å². The van der Waals surface area contributed by atoms with Crippen LogP contribution in [0.25, 0.3) is 17.2 Å². The summed E-state index contributed by atoms with van der Waals surface area (Å²) in [4.78, 5) is 7.18. The molecule has 1 atom stereocenters. The van der Waals surface area contributed by atoms with Gasteiger partial charge in [-0.25, -0.2) is 4.98 Å². The fourth-order valence-electron chi connectivity index (χ4n) is 3.55. The van der Waals surface area contributed by atoms with E-state index in [2.05, 4.69) is 57.3 Å². The quantitative estimate of drug-likeness (QED) is 0.815. The number of hydrogen-bond acceptors (Lipinski definition) is 4. The summed E-state index contributed by atoms with van der Waals surface area (Å²) in [6.45, 7) is 8.29. The zero-order chi connectivity index (χ0) is 16.7. The Hall–Kier alpha value is -1.66. The van der Waals surface area contributed by atoms with Crippen LogP contribution < -0.4 is 5.32 Å². The molecule has 126 valence electrons. The van der Waals surface area contributed by atoms with E-state index >= 15 is 0 Å². The smallest absolute Gasteiger partial charge is 0.165 e. The van der Waals surface area contributed by atoms with Crippen LogP contribution in [0.1, 0.15) is 30.7 Å². The van der Waals surface area contributed by atoms with Gasteiger partial charge in [-0.3, -0.25) is 0 Å². The Morgan fingerprint density at radius 3 is 2.83 bits per heavy atom. The van der Waals surface area contributed by atoms with Gasteiger partial charge in [-0.15, -0.1) is 5.10 Å². The molecule has 1 fully saturated rings. The SMILES string of the molecule is Cc1nc2n(n1)C(N1CCNCC1)=CCC(C)c1ccc(Br)cc1-2. The number of aryl methyl sites for hydroxylation is 1. The third-order valence-electron chi connectivity index (χ3n) is 4.81. The lowest BCUT2D eigenvalue weighted by Crippen LogP contribution is -2.43. The molecule has 0 radical (unpaired) electrons. The van der Waals surface area contributed by atoms with Gasteiger partial charge in [0.25, 0.3) is 0 Å². The van der Waals surface area contributed by atoms with Gasteiger partial charge < -0.3 is 10.2 Å². The van der Waals surface area contributed by atoms with Gasteiger partial charge in [-0.2, -0.15) is 4.68 Å². The highest BCUT2D eigenvalue weighted by molar-refractivity contribution is 9.10. The topological polar surface area (TPSA) is 46.0 Å². The number of allylic oxidation sites excluding steroid dienone is 1. The molecule has 3 heterocycles. The normalized spacial score (nSPS) is 20.7. The molecule has 1 aromatic carbocycles. The Balaban J connectivity index is 1.89. The molecule has 0 spiro atoms. The number of halogens is 1. The molecule has 6 heteroatoms. The predicted molar refractivity (Wildman–Crippen MR) is 99.6 cm³/mol. The van der Waals surface area contributed by atoms with Gasteiger partial charge in [0, 0.05) is 36.2 Å². The highest BCUT2D eigenvalue weighted by Crippen LogP contribution is 2.36. The molecule has 5 nitrogen and oxygen atoms in total. The summed E-state index contributed by atoms with van der Waals surface area (Å²) in [7, 11) is 0. The van der Waals surface area contributed by atoms with Crippen LogP contribution in [0, 0.1) is 6.92 Å². The number of hydrogen-bond donors (Lipinski definition) is 1. The highest BCUT2D eigenvalue weighted by Gasteiger charge is 2.25. The Labute approximate surface area is 150 Å². The lowest BCUT2D eigenvalue weighted by molar-refractivity contribution is 0.323. The molecule has 1 saturated heterocycles. The molecular formula is C18H22BrN5. The molecule has 0 aliphatic carbocycles. The van der Waals surface area contributed by atoms with Gasteiger partial charge in [0.1, 0.15) is 11.6 Å². The zero-order valence-corrected chi connectivity index (χ0v) is 15.7. The summed E-state index contributed by atoms with van der Waals surface area (Å²) in [6.07, 6.45) is 3.34. The van der Waals surface area contributed by atoms with Crippen molar-refractivity contribution in [1.29, 1.82) is 0 Å². The molecule has 2 aliphatic rings. The lowest BCUT2D eigenvalue weighted by atomic mass is 9.91. The molecule has 1 N–H and O–H groups in total. The van der Waals surface area contributed by atoms with Crippen molar-refractivity contribution in [3.63, 3.8) is 0 Å². The van der Waals surface area contributed by atoms with Gasteiger partial charge >= 0.3 is 0 Å². The second-order valence-corrected chi connectivity index (χ2v) is 7.48. The zero-order valence-electron chi connectivity index (χ0n) is 14.1. The van der Waals surface area contributed by atoms with Crippen LogP contribution in [0.5, 0.6) is 0 Å². The van der Waals surface area contributed by atoms with Crippen molar-refractivity contribution in [2.75, 3.05) is 26.2 Å². The van der Waals surface area contributed by atoms with E-state index in [4.69, 9.17) is 10.1 Å². The van der Waals surface area contributed by atoms with Crippen molar-refractivity contribution >= 4 is 21.8 Å². The number of nitrogens with one attached hydrogen (secondary N) is 1. The Morgan fingerprint density at radius 1 is 1.25 bits per heavy atom. The molecule has 0 amide bonds. The van der Waals surface area contributed by atoms with E-state index in [9.17, 15) is 0 Å². The number of piperazine rings is 1. The third kappa shape index (κ3) is 2.78. The van der Waals surface area contributed by atoms with Crippen LogP contribution in [0.3, 0.4) is 0 Å². The molecule has 2 aromatic rings. The van der Waals surface area contributed by atoms with Crippen molar-refractivity contribution in [3.8, 4) is 11.4 Å². The van der Waals surface area contributed by atoms with Crippen LogP contribution in [0.15, 0.2) is 28.7 Å². The third-order valence-corrected chi connectivity index (χ3v) is 5.31. The summed E-state index contributed by atoms with van der Waals surface area (Å²) in [5, 5.41) is 8.15. The molecular weight excluding hydrogens is 366 g/mol.